The number of H-pyrrole nitrogens is 1. The van der Waals surface area contributed by atoms with Gasteiger partial charge in [-0.3, -0.25) is 9.78 Å². The molecule has 1 saturated heterocycles. The van der Waals surface area contributed by atoms with Crippen LogP contribution in [0.5, 0.6) is 11.5 Å². The van der Waals surface area contributed by atoms with Crippen LogP contribution in [-0.4, -0.2) is 73.4 Å². The molecule has 1 amide bonds. The van der Waals surface area contributed by atoms with Gasteiger partial charge in [-0.25, -0.2) is 0 Å². The molecular weight excluding hydrogens is 482 g/mol. The molecule has 2 aromatic heterocycles. The van der Waals surface area contributed by atoms with Crippen LogP contribution < -0.4 is 20.1 Å². The zero-order valence-corrected chi connectivity index (χ0v) is 21.3. The summed E-state index contributed by atoms with van der Waals surface area (Å²) in [6.07, 6.45) is 3.83. The largest absolute Gasteiger partial charge is 0.493 e. The van der Waals surface area contributed by atoms with Gasteiger partial charge in [0.1, 0.15) is 18.0 Å². The van der Waals surface area contributed by atoms with Crippen LogP contribution in [0.3, 0.4) is 0 Å². The van der Waals surface area contributed by atoms with Gasteiger partial charge in [0.2, 0.25) is 0 Å². The van der Waals surface area contributed by atoms with Gasteiger partial charge in [-0.1, -0.05) is 17.7 Å². The van der Waals surface area contributed by atoms with Crippen molar-refractivity contribution < 1.29 is 19.0 Å². The van der Waals surface area contributed by atoms with Crippen LogP contribution in [-0.2, 0) is 11.2 Å². The highest BCUT2D eigenvalue weighted by Gasteiger charge is 2.30. The number of benzene rings is 1. The first kappa shape index (κ1) is 24.4. The fourth-order valence-corrected chi connectivity index (χ4v) is 4.96. The molecule has 1 fully saturated rings. The normalized spacial score (nSPS) is 18.8. The topological polar surface area (TPSA) is 101 Å². The van der Waals surface area contributed by atoms with Gasteiger partial charge in [-0.2, -0.15) is 0 Å². The summed E-state index contributed by atoms with van der Waals surface area (Å²) in [6, 6.07) is 7.33. The van der Waals surface area contributed by atoms with E-state index in [9.17, 15) is 4.79 Å². The number of anilines is 2. The maximum Gasteiger partial charge on any atom is 0.255 e. The molecule has 36 heavy (non-hydrogen) atoms. The van der Waals surface area contributed by atoms with Crippen LogP contribution in [0.15, 0.2) is 36.7 Å². The van der Waals surface area contributed by atoms with Gasteiger partial charge >= 0.3 is 0 Å². The lowest BCUT2D eigenvalue weighted by Crippen LogP contribution is -2.46. The Balaban J connectivity index is 1.56. The number of carbonyl (C=O) groups excluding carboxylic acids is 1. The fraction of sp³-hybridized carbons (Fsp3) is 0.385. The minimum Gasteiger partial charge on any atom is -0.493 e. The number of methoxy groups -OCH3 is 1. The number of amides is 1. The third-order valence-corrected chi connectivity index (χ3v) is 6.88. The zero-order valence-electron chi connectivity index (χ0n) is 20.6. The first-order valence-electron chi connectivity index (χ1n) is 12.0. The van der Waals surface area contributed by atoms with Gasteiger partial charge in [0, 0.05) is 43.5 Å². The number of nitrogens with one attached hydrogen (secondary N) is 3. The number of aromatic nitrogens is 2. The van der Waals surface area contributed by atoms with E-state index in [2.05, 4.69) is 32.5 Å². The number of nitrogens with zero attached hydrogens (tertiary/aromatic N) is 2. The summed E-state index contributed by atoms with van der Waals surface area (Å²) in [5.41, 5.74) is 4.20. The molecule has 0 unspecified atom stereocenters. The third-order valence-electron chi connectivity index (χ3n) is 6.58. The Morgan fingerprint density at radius 2 is 2.19 bits per heavy atom. The number of fused-ring (bicyclic) bond motifs is 1. The van der Waals surface area contributed by atoms with E-state index in [-0.39, 0.29) is 18.1 Å². The van der Waals surface area contributed by atoms with Crippen molar-refractivity contribution in [2.75, 3.05) is 45.7 Å². The van der Waals surface area contributed by atoms with E-state index in [1.165, 1.54) is 0 Å². The van der Waals surface area contributed by atoms with Crippen LogP contribution in [0.4, 0.5) is 11.4 Å². The number of likely N-dealkylation sites (N-methyl/N-ethyl adjacent to an activating group) is 1. The van der Waals surface area contributed by atoms with Gasteiger partial charge < -0.3 is 34.7 Å². The Morgan fingerprint density at radius 3 is 3.00 bits per heavy atom. The molecule has 0 saturated carbocycles. The number of ether oxygens (including phenoxy) is 3. The van der Waals surface area contributed by atoms with E-state index < -0.39 is 0 Å². The summed E-state index contributed by atoms with van der Waals surface area (Å²) in [4.78, 5) is 23.0. The molecule has 190 valence electrons. The number of halogens is 1. The zero-order chi connectivity index (χ0) is 25.2. The number of rotatable bonds is 7. The number of morpholine rings is 1. The van der Waals surface area contributed by atoms with Crippen LogP contribution in [0.1, 0.15) is 23.0 Å². The van der Waals surface area contributed by atoms with E-state index >= 15 is 0 Å². The van der Waals surface area contributed by atoms with Crippen molar-refractivity contribution in [3.05, 3.63) is 52.9 Å². The fourth-order valence-electron chi connectivity index (χ4n) is 4.71. The maximum atomic E-state index is 13.0. The first-order chi connectivity index (χ1) is 17.5. The van der Waals surface area contributed by atoms with Gasteiger partial charge in [0.15, 0.2) is 5.75 Å². The van der Waals surface area contributed by atoms with Crippen molar-refractivity contribution in [1.82, 2.24) is 20.2 Å². The van der Waals surface area contributed by atoms with Crippen molar-refractivity contribution in [1.29, 1.82) is 0 Å². The molecule has 2 aliphatic rings. The van der Waals surface area contributed by atoms with Crippen molar-refractivity contribution in [3.63, 3.8) is 0 Å². The lowest BCUT2D eigenvalue weighted by molar-refractivity contribution is -0.0689. The molecule has 2 atom stereocenters. The minimum absolute atomic E-state index is 0.0623. The summed E-state index contributed by atoms with van der Waals surface area (Å²) < 4.78 is 17.9. The van der Waals surface area contributed by atoms with Gasteiger partial charge in [-0.05, 0) is 32.2 Å². The van der Waals surface area contributed by atoms with Crippen molar-refractivity contribution in [3.8, 4) is 22.8 Å². The summed E-state index contributed by atoms with van der Waals surface area (Å²) >= 11 is 6.37. The minimum atomic E-state index is -0.201. The lowest BCUT2D eigenvalue weighted by Gasteiger charge is -2.33. The summed E-state index contributed by atoms with van der Waals surface area (Å²) in [5.74, 6) is 0.947. The van der Waals surface area contributed by atoms with E-state index in [4.69, 9.17) is 25.8 Å². The molecule has 2 aliphatic heterocycles. The number of para-hydroxylation sites is 1. The second-order valence-electron chi connectivity index (χ2n) is 9.05. The molecule has 5 rings (SSSR count). The molecule has 0 spiro atoms. The molecule has 0 bridgehead atoms. The van der Waals surface area contributed by atoms with E-state index in [0.717, 1.165) is 30.0 Å². The van der Waals surface area contributed by atoms with Crippen molar-refractivity contribution in [2.24, 2.45) is 0 Å². The monoisotopic (exact) mass is 511 g/mol. The van der Waals surface area contributed by atoms with Crippen molar-refractivity contribution >= 4 is 28.9 Å². The average Bonchev–Trinajstić information content (AvgIpc) is 3.24. The third kappa shape index (κ3) is 4.74. The number of aromatic amines is 1. The SMILES string of the molecule is COc1c(Cl)cccc1Nc1c(-c2ccncc2O[C@@H](C)[C@@H]2CN(C)CCO2)[nH]c2c1C(=O)NCC2. The predicted molar refractivity (Wildman–Crippen MR) is 139 cm³/mol. The number of pyridine rings is 1. The number of carbonyl (C=O) groups is 1. The van der Waals surface area contributed by atoms with Crippen LogP contribution in [0.25, 0.3) is 11.3 Å². The highest BCUT2D eigenvalue weighted by atomic mass is 35.5. The molecular formula is C26H30ClN5O4. The van der Waals surface area contributed by atoms with Crippen LogP contribution in [0, 0.1) is 0 Å². The van der Waals surface area contributed by atoms with Gasteiger partial charge in [-0.15, -0.1) is 0 Å². The number of hydrogen-bond donors (Lipinski definition) is 3. The summed E-state index contributed by atoms with van der Waals surface area (Å²) in [7, 11) is 3.64. The summed E-state index contributed by atoms with van der Waals surface area (Å²) in [6.45, 7) is 4.93. The highest BCUT2D eigenvalue weighted by molar-refractivity contribution is 6.32. The Kier molecular flexibility index (Phi) is 7.04. The second kappa shape index (κ2) is 10.4. The molecule has 1 aromatic carbocycles. The number of hydrogen-bond acceptors (Lipinski definition) is 7. The standard InChI is InChI=1S/C26H30ClN5O4/c1-15(21-14-32(2)11-12-35-21)36-20-13-28-9-7-16(20)23-24(22-18(30-23)8-10-29-26(22)33)31-19-6-4-5-17(27)25(19)34-3/h4-7,9,13,15,21,30-31H,8,10-12,14H2,1-3H3,(H,29,33)/t15-,21-/m0/s1. The maximum absolute atomic E-state index is 13.0. The second-order valence-corrected chi connectivity index (χ2v) is 9.45. The van der Waals surface area contributed by atoms with Gasteiger partial charge in [0.05, 0.1) is 47.6 Å². The summed E-state index contributed by atoms with van der Waals surface area (Å²) in [5, 5.41) is 6.82. The average molecular weight is 512 g/mol. The first-order valence-corrected chi connectivity index (χ1v) is 12.4. The Hall–Kier alpha value is -3.27. The molecule has 4 heterocycles. The molecule has 0 aliphatic carbocycles. The predicted octanol–water partition coefficient (Wildman–Crippen LogP) is 3.87. The van der Waals surface area contributed by atoms with Crippen LogP contribution in [0.2, 0.25) is 5.02 Å². The molecule has 10 heteroatoms. The lowest BCUT2D eigenvalue weighted by atomic mass is 10.0. The van der Waals surface area contributed by atoms with E-state index in [0.29, 0.717) is 53.0 Å². The van der Waals surface area contributed by atoms with Crippen molar-refractivity contribution in [2.45, 2.75) is 25.6 Å². The molecule has 9 nitrogen and oxygen atoms in total. The molecule has 0 radical (unpaired) electrons. The highest BCUT2D eigenvalue weighted by Crippen LogP contribution is 2.43. The molecule has 3 aromatic rings. The van der Waals surface area contributed by atoms with E-state index in [1.807, 2.05) is 25.1 Å². The Labute approximate surface area is 215 Å². The van der Waals surface area contributed by atoms with E-state index in [1.54, 1.807) is 25.6 Å². The Bertz CT molecular complexity index is 1260. The smallest absolute Gasteiger partial charge is 0.255 e. The van der Waals surface area contributed by atoms with Gasteiger partial charge in [0.25, 0.3) is 5.91 Å². The quantitative estimate of drug-likeness (QED) is 0.442. The van der Waals surface area contributed by atoms with Crippen LogP contribution >= 0.6 is 11.6 Å². The Morgan fingerprint density at radius 1 is 1.33 bits per heavy atom. The molecule has 3 N–H and O–H groups in total.